The fourth-order valence-corrected chi connectivity index (χ4v) is 4.92. The smallest absolute Gasteiger partial charge is 0.229 e. The summed E-state index contributed by atoms with van der Waals surface area (Å²) in [4.78, 5) is 12.9. The van der Waals surface area contributed by atoms with Gasteiger partial charge < -0.3 is 63.8 Å². The number of fused-ring (bicyclic) bond motifs is 1. The molecule has 0 saturated carbocycles. The monoisotopic (exact) mass is 592 g/mol. The minimum absolute atomic E-state index is 0.0483. The first-order valence-corrected chi connectivity index (χ1v) is 13.1. The van der Waals surface area contributed by atoms with Crippen LogP contribution in [-0.2, 0) is 14.2 Å². The molecule has 2 aliphatic heterocycles. The Bertz CT molecular complexity index is 1440. The lowest BCUT2D eigenvalue weighted by Crippen LogP contribution is -2.64. The number of benzene rings is 2. The van der Waals surface area contributed by atoms with Crippen molar-refractivity contribution in [2.75, 3.05) is 13.7 Å². The molecule has 14 heteroatoms. The molecule has 228 valence electrons. The molecule has 0 bridgehead atoms. The maximum atomic E-state index is 12.9. The van der Waals surface area contributed by atoms with E-state index in [1.54, 1.807) is 24.3 Å². The van der Waals surface area contributed by atoms with Crippen molar-refractivity contribution in [2.45, 2.75) is 68.3 Å². The summed E-state index contributed by atoms with van der Waals surface area (Å²) >= 11 is 0. The second-order valence-electron chi connectivity index (χ2n) is 10.1. The van der Waals surface area contributed by atoms with E-state index in [2.05, 4.69) is 0 Å². The zero-order chi connectivity index (χ0) is 30.3. The zero-order valence-electron chi connectivity index (χ0n) is 22.5. The molecule has 14 nitrogen and oxygen atoms in total. The topological polar surface area (TPSA) is 218 Å². The van der Waals surface area contributed by atoms with Gasteiger partial charge in [-0.3, -0.25) is 4.79 Å². The molecule has 1 aromatic heterocycles. The van der Waals surface area contributed by atoms with Gasteiger partial charge in [0, 0.05) is 23.8 Å². The van der Waals surface area contributed by atoms with Crippen LogP contribution in [-0.4, -0.2) is 111 Å². The normalized spacial score (nSPS) is 33.4. The zero-order valence-corrected chi connectivity index (χ0v) is 22.5. The Morgan fingerprint density at radius 2 is 1.55 bits per heavy atom. The first-order valence-electron chi connectivity index (χ1n) is 13.1. The van der Waals surface area contributed by atoms with Gasteiger partial charge in [-0.25, -0.2) is 0 Å². The summed E-state index contributed by atoms with van der Waals surface area (Å²) in [5, 5.41) is 72.1. The number of phenols is 1. The second kappa shape index (κ2) is 12.1. The number of ether oxygens (including phenoxy) is 5. The molecule has 2 aromatic carbocycles. The third kappa shape index (κ3) is 5.68. The van der Waals surface area contributed by atoms with Crippen LogP contribution in [0.25, 0.3) is 22.3 Å². The van der Waals surface area contributed by atoms with E-state index in [0.29, 0.717) is 11.3 Å². The fourth-order valence-electron chi connectivity index (χ4n) is 4.92. The van der Waals surface area contributed by atoms with E-state index < -0.39 is 79.2 Å². The van der Waals surface area contributed by atoms with Crippen LogP contribution in [0.4, 0.5) is 0 Å². The SMILES string of the molecule is COc1ccc(-c2cc(=O)c3c(O)cc(O[C@@H]4O[C@H](CO)[C@@H](O)[C@H](O)[C@@H]4O[C@@H]4O[C@H](C)[C@H](O)[C@@H](O)[C@H]4O)cc3o2)cc1. The summed E-state index contributed by atoms with van der Waals surface area (Å²) in [7, 11) is 1.52. The summed E-state index contributed by atoms with van der Waals surface area (Å²) in [6.45, 7) is 0.721. The molecule has 0 amide bonds. The van der Waals surface area contributed by atoms with E-state index in [9.17, 15) is 40.5 Å². The molecular formula is C28H32O14. The molecule has 10 atom stereocenters. The Morgan fingerprint density at radius 3 is 2.21 bits per heavy atom. The van der Waals surface area contributed by atoms with Crippen molar-refractivity contribution in [2.24, 2.45) is 0 Å². The van der Waals surface area contributed by atoms with Crippen LogP contribution in [0, 0.1) is 0 Å². The summed E-state index contributed by atoms with van der Waals surface area (Å²) in [5.74, 6) is 0.197. The van der Waals surface area contributed by atoms with Gasteiger partial charge in [-0.1, -0.05) is 0 Å². The van der Waals surface area contributed by atoms with Crippen molar-refractivity contribution < 1.29 is 63.8 Å². The molecule has 2 aliphatic rings. The lowest BCUT2D eigenvalue weighted by Gasteiger charge is -2.45. The molecule has 3 heterocycles. The molecule has 7 N–H and O–H groups in total. The largest absolute Gasteiger partial charge is 0.507 e. The molecule has 0 aliphatic carbocycles. The number of phenolic OH excluding ortho intramolecular Hbond substituents is 1. The third-order valence-corrected chi connectivity index (χ3v) is 7.33. The highest BCUT2D eigenvalue weighted by Crippen LogP contribution is 2.35. The van der Waals surface area contributed by atoms with Crippen molar-refractivity contribution in [1.82, 2.24) is 0 Å². The van der Waals surface area contributed by atoms with Crippen LogP contribution in [0.3, 0.4) is 0 Å². The number of aliphatic hydroxyl groups excluding tert-OH is 6. The number of aromatic hydroxyl groups is 1. The molecule has 0 unspecified atom stereocenters. The predicted molar refractivity (Wildman–Crippen MR) is 142 cm³/mol. The molecule has 0 radical (unpaired) electrons. The van der Waals surface area contributed by atoms with E-state index in [0.717, 1.165) is 6.07 Å². The maximum Gasteiger partial charge on any atom is 0.229 e. The highest BCUT2D eigenvalue weighted by molar-refractivity contribution is 5.86. The molecule has 2 saturated heterocycles. The number of hydrogen-bond donors (Lipinski definition) is 7. The van der Waals surface area contributed by atoms with E-state index in [-0.39, 0.29) is 22.5 Å². The lowest BCUT2D eigenvalue weighted by atomic mass is 9.97. The maximum absolute atomic E-state index is 12.9. The van der Waals surface area contributed by atoms with Crippen LogP contribution in [0.2, 0.25) is 0 Å². The van der Waals surface area contributed by atoms with Gasteiger partial charge in [-0.2, -0.15) is 0 Å². The number of rotatable bonds is 7. The Labute approximate surface area is 238 Å². The van der Waals surface area contributed by atoms with Crippen LogP contribution in [0.15, 0.2) is 51.7 Å². The standard InChI is InChI=1S/C28H32O14/c1-11-21(32)23(34)25(36)27(38-11)42-26-24(35)22(33)19(10-29)41-28(26)39-14-7-15(30)20-16(31)9-17(40-18(20)8-14)12-3-5-13(37-2)6-4-12/h3-9,11,19,21-30,32-36H,10H2,1-2H3/t11-,19-,21+,22-,23-,24+,25-,26+,27+,28-/m1/s1. The van der Waals surface area contributed by atoms with Gasteiger partial charge in [0.15, 0.2) is 17.8 Å². The van der Waals surface area contributed by atoms with E-state index in [4.69, 9.17) is 28.1 Å². The minimum Gasteiger partial charge on any atom is -0.507 e. The Morgan fingerprint density at radius 1 is 0.833 bits per heavy atom. The Hall–Kier alpha value is -3.31. The number of methoxy groups -OCH3 is 1. The van der Waals surface area contributed by atoms with Gasteiger partial charge in [0.05, 0.1) is 19.8 Å². The lowest BCUT2D eigenvalue weighted by molar-refractivity contribution is -0.354. The predicted octanol–water partition coefficient (Wildman–Crippen LogP) is -0.795. The average Bonchev–Trinajstić information content (AvgIpc) is 2.97. The van der Waals surface area contributed by atoms with Crippen LogP contribution in [0.1, 0.15) is 6.92 Å². The van der Waals surface area contributed by atoms with Gasteiger partial charge in [0.1, 0.15) is 70.6 Å². The molecule has 3 aromatic rings. The van der Waals surface area contributed by atoms with Crippen LogP contribution >= 0.6 is 0 Å². The summed E-state index contributed by atoms with van der Waals surface area (Å²) in [6.07, 6.45) is -15.2. The molecule has 42 heavy (non-hydrogen) atoms. The van der Waals surface area contributed by atoms with Crippen molar-refractivity contribution >= 4 is 11.0 Å². The molecular weight excluding hydrogens is 560 g/mol. The second-order valence-corrected chi connectivity index (χ2v) is 10.1. The molecule has 2 fully saturated rings. The van der Waals surface area contributed by atoms with Crippen LogP contribution < -0.4 is 14.9 Å². The van der Waals surface area contributed by atoms with E-state index in [1.165, 1.54) is 26.2 Å². The highest BCUT2D eigenvalue weighted by Gasteiger charge is 2.50. The quantitative estimate of drug-likeness (QED) is 0.179. The van der Waals surface area contributed by atoms with E-state index >= 15 is 0 Å². The van der Waals surface area contributed by atoms with Gasteiger partial charge in [0.25, 0.3) is 0 Å². The average molecular weight is 593 g/mol. The van der Waals surface area contributed by atoms with Crippen molar-refractivity contribution in [3.63, 3.8) is 0 Å². The number of aliphatic hydroxyl groups is 6. The van der Waals surface area contributed by atoms with Gasteiger partial charge in [-0.05, 0) is 31.2 Å². The first kappa shape index (κ1) is 30.2. The van der Waals surface area contributed by atoms with Crippen molar-refractivity contribution in [3.8, 4) is 28.6 Å². The van der Waals surface area contributed by atoms with Crippen LogP contribution in [0.5, 0.6) is 17.2 Å². The third-order valence-electron chi connectivity index (χ3n) is 7.33. The first-order chi connectivity index (χ1) is 20.0. The van der Waals surface area contributed by atoms with Gasteiger partial charge in [0.2, 0.25) is 6.29 Å². The summed E-state index contributed by atoms with van der Waals surface area (Å²) in [5.41, 5.74) is -0.0218. The Balaban J connectivity index is 1.47. The highest BCUT2D eigenvalue weighted by atomic mass is 16.8. The Kier molecular flexibility index (Phi) is 8.71. The van der Waals surface area contributed by atoms with Gasteiger partial charge in [-0.15, -0.1) is 0 Å². The minimum atomic E-state index is -1.75. The van der Waals surface area contributed by atoms with Crippen molar-refractivity contribution in [1.29, 1.82) is 0 Å². The molecule has 5 rings (SSSR count). The van der Waals surface area contributed by atoms with Crippen molar-refractivity contribution in [3.05, 3.63) is 52.7 Å². The van der Waals surface area contributed by atoms with E-state index in [1.807, 2.05) is 0 Å². The number of hydrogen-bond acceptors (Lipinski definition) is 14. The van der Waals surface area contributed by atoms with Gasteiger partial charge >= 0.3 is 0 Å². The molecule has 0 spiro atoms. The summed E-state index contributed by atoms with van der Waals surface area (Å²) < 4.78 is 33.7. The fraction of sp³-hybridized carbons (Fsp3) is 0.464. The summed E-state index contributed by atoms with van der Waals surface area (Å²) in [6, 6.07) is 10.4.